The predicted octanol–water partition coefficient (Wildman–Crippen LogP) is 2.74. The average molecular weight is 248 g/mol. The van der Waals surface area contributed by atoms with Gasteiger partial charge >= 0.3 is 0 Å². The van der Waals surface area contributed by atoms with Crippen molar-refractivity contribution in [3.8, 4) is 0 Å². The summed E-state index contributed by atoms with van der Waals surface area (Å²) in [6.45, 7) is 8.01. The molecule has 0 bridgehead atoms. The van der Waals surface area contributed by atoms with E-state index >= 15 is 0 Å². The first-order chi connectivity index (χ1) is 8.08. The molecule has 2 nitrogen and oxygen atoms in total. The molecule has 17 heavy (non-hydrogen) atoms. The molecule has 1 fully saturated rings. The van der Waals surface area contributed by atoms with Crippen LogP contribution in [-0.4, -0.2) is 43.0 Å². The van der Waals surface area contributed by atoms with Crippen molar-refractivity contribution >= 4 is 0 Å². The fourth-order valence-electron chi connectivity index (χ4n) is 2.57. The highest BCUT2D eigenvalue weighted by molar-refractivity contribution is 4.88. The summed E-state index contributed by atoms with van der Waals surface area (Å²) >= 11 is 0. The number of nitrogens with zero attached hydrogens (tertiary/aromatic N) is 1. The quantitative estimate of drug-likeness (QED) is 0.777. The first-order valence-corrected chi connectivity index (χ1v) is 6.84. The monoisotopic (exact) mass is 248 g/mol. The maximum absolute atomic E-state index is 12.6. The van der Waals surface area contributed by atoms with E-state index in [4.69, 9.17) is 0 Å². The van der Waals surface area contributed by atoms with E-state index < -0.39 is 6.43 Å². The maximum atomic E-state index is 12.6. The molecule has 0 aromatic heterocycles. The molecule has 0 aromatic carbocycles. The summed E-state index contributed by atoms with van der Waals surface area (Å²) in [6, 6.07) is 0.654. The zero-order valence-electron chi connectivity index (χ0n) is 11.3. The summed E-state index contributed by atoms with van der Waals surface area (Å²) in [7, 11) is 0. The molecule has 3 unspecified atom stereocenters. The van der Waals surface area contributed by atoms with Gasteiger partial charge in [0, 0.05) is 25.2 Å². The van der Waals surface area contributed by atoms with Gasteiger partial charge in [0.25, 0.3) is 6.43 Å². The molecule has 1 saturated heterocycles. The number of halogens is 2. The highest BCUT2D eigenvalue weighted by Crippen LogP contribution is 2.19. The first-order valence-electron chi connectivity index (χ1n) is 6.84. The molecule has 3 atom stereocenters. The van der Waals surface area contributed by atoms with Crippen LogP contribution in [0.25, 0.3) is 0 Å². The summed E-state index contributed by atoms with van der Waals surface area (Å²) in [6.07, 6.45) is 0.941. The Morgan fingerprint density at radius 3 is 2.59 bits per heavy atom. The van der Waals surface area contributed by atoms with E-state index in [0.29, 0.717) is 12.0 Å². The SMILES string of the molecule is CCCC1CNC(C(C)CC)CN1CC(F)F. The molecule has 0 radical (unpaired) electrons. The van der Waals surface area contributed by atoms with Crippen molar-refractivity contribution in [1.82, 2.24) is 10.2 Å². The van der Waals surface area contributed by atoms with Crippen LogP contribution in [0.15, 0.2) is 0 Å². The summed E-state index contributed by atoms with van der Waals surface area (Å²) in [5.41, 5.74) is 0. The number of nitrogens with one attached hydrogen (secondary N) is 1. The second-order valence-electron chi connectivity index (χ2n) is 5.19. The van der Waals surface area contributed by atoms with Crippen molar-refractivity contribution in [2.45, 2.75) is 58.5 Å². The van der Waals surface area contributed by atoms with E-state index in [2.05, 4.69) is 26.1 Å². The lowest BCUT2D eigenvalue weighted by Gasteiger charge is -2.42. The van der Waals surface area contributed by atoms with Gasteiger partial charge in [-0.05, 0) is 12.3 Å². The number of alkyl halides is 2. The number of rotatable bonds is 6. The van der Waals surface area contributed by atoms with Crippen LogP contribution in [0.5, 0.6) is 0 Å². The Morgan fingerprint density at radius 2 is 2.06 bits per heavy atom. The molecule has 0 spiro atoms. The van der Waals surface area contributed by atoms with Gasteiger partial charge in [-0.15, -0.1) is 0 Å². The van der Waals surface area contributed by atoms with Gasteiger partial charge in [-0.2, -0.15) is 0 Å². The summed E-state index contributed by atoms with van der Waals surface area (Å²) < 4.78 is 25.2. The van der Waals surface area contributed by atoms with E-state index in [1.165, 1.54) is 0 Å². The van der Waals surface area contributed by atoms with Crippen molar-refractivity contribution in [2.75, 3.05) is 19.6 Å². The second-order valence-corrected chi connectivity index (χ2v) is 5.19. The molecular weight excluding hydrogens is 222 g/mol. The van der Waals surface area contributed by atoms with Crippen LogP contribution in [0.1, 0.15) is 40.0 Å². The summed E-state index contributed by atoms with van der Waals surface area (Å²) in [5, 5.41) is 3.52. The molecule has 0 saturated carbocycles. The summed E-state index contributed by atoms with van der Waals surface area (Å²) in [4.78, 5) is 1.99. The number of hydrogen-bond acceptors (Lipinski definition) is 2. The summed E-state index contributed by atoms with van der Waals surface area (Å²) in [5.74, 6) is 0.553. The van der Waals surface area contributed by atoms with Gasteiger partial charge in [0.1, 0.15) is 0 Å². The number of piperazine rings is 1. The van der Waals surface area contributed by atoms with E-state index in [0.717, 1.165) is 32.4 Å². The van der Waals surface area contributed by atoms with E-state index in [-0.39, 0.29) is 12.6 Å². The van der Waals surface area contributed by atoms with E-state index in [1.807, 2.05) is 4.90 Å². The minimum absolute atomic E-state index is 0.0702. The molecular formula is C13H26F2N2. The van der Waals surface area contributed by atoms with Crippen molar-refractivity contribution < 1.29 is 8.78 Å². The smallest absolute Gasteiger partial charge is 0.251 e. The molecule has 1 aliphatic rings. The van der Waals surface area contributed by atoms with Crippen LogP contribution in [0.4, 0.5) is 8.78 Å². The fraction of sp³-hybridized carbons (Fsp3) is 1.00. The molecule has 1 aliphatic heterocycles. The standard InChI is InChI=1S/C13H26F2N2/c1-4-6-11-7-16-12(10(3)5-2)8-17(11)9-13(14)15/h10-13,16H,4-9H2,1-3H3. The number of hydrogen-bond donors (Lipinski definition) is 1. The second kappa shape index (κ2) is 7.27. The van der Waals surface area contributed by atoms with Crippen molar-refractivity contribution in [2.24, 2.45) is 5.92 Å². The van der Waals surface area contributed by atoms with Gasteiger partial charge in [-0.25, -0.2) is 8.78 Å². The predicted molar refractivity (Wildman–Crippen MR) is 67.5 cm³/mol. The molecule has 0 aliphatic carbocycles. The Bertz CT molecular complexity index is 212. The Kier molecular flexibility index (Phi) is 6.34. The first kappa shape index (κ1) is 14.8. The van der Waals surface area contributed by atoms with Crippen LogP contribution in [-0.2, 0) is 0 Å². The average Bonchev–Trinajstić information content (AvgIpc) is 2.30. The van der Waals surface area contributed by atoms with Gasteiger partial charge < -0.3 is 5.32 Å². The van der Waals surface area contributed by atoms with Crippen LogP contribution in [0, 0.1) is 5.92 Å². The highest BCUT2D eigenvalue weighted by atomic mass is 19.3. The minimum atomic E-state index is -2.22. The Balaban J connectivity index is 2.56. The lowest BCUT2D eigenvalue weighted by Crippen LogP contribution is -2.59. The van der Waals surface area contributed by atoms with Crippen LogP contribution >= 0.6 is 0 Å². The Labute approximate surface area is 104 Å². The zero-order chi connectivity index (χ0) is 12.8. The molecule has 1 heterocycles. The van der Waals surface area contributed by atoms with Crippen molar-refractivity contribution in [1.29, 1.82) is 0 Å². The van der Waals surface area contributed by atoms with Gasteiger partial charge in [-0.1, -0.05) is 33.6 Å². The molecule has 4 heteroatoms. The Morgan fingerprint density at radius 1 is 1.35 bits per heavy atom. The van der Waals surface area contributed by atoms with Crippen LogP contribution in [0.3, 0.4) is 0 Å². The third-order valence-corrected chi connectivity index (χ3v) is 3.89. The van der Waals surface area contributed by atoms with Gasteiger partial charge in [-0.3, -0.25) is 4.90 Å². The van der Waals surface area contributed by atoms with E-state index in [1.54, 1.807) is 0 Å². The third-order valence-electron chi connectivity index (χ3n) is 3.89. The Hall–Kier alpha value is -0.220. The topological polar surface area (TPSA) is 15.3 Å². The van der Waals surface area contributed by atoms with E-state index in [9.17, 15) is 8.78 Å². The fourth-order valence-corrected chi connectivity index (χ4v) is 2.57. The largest absolute Gasteiger partial charge is 0.311 e. The van der Waals surface area contributed by atoms with Crippen LogP contribution < -0.4 is 5.32 Å². The van der Waals surface area contributed by atoms with Gasteiger partial charge in [0.05, 0.1) is 6.54 Å². The highest BCUT2D eigenvalue weighted by Gasteiger charge is 2.30. The normalized spacial score (nSPS) is 28.6. The van der Waals surface area contributed by atoms with Crippen molar-refractivity contribution in [3.05, 3.63) is 0 Å². The maximum Gasteiger partial charge on any atom is 0.251 e. The molecule has 1 rings (SSSR count). The third kappa shape index (κ3) is 4.51. The van der Waals surface area contributed by atoms with Crippen LogP contribution in [0.2, 0.25) is 0 Å². The zero-order valence-corrected chi connectivity index (χ0v) is 11.3. The molecule has 1 N–H and O–H groups in total. The van der Waals surface area contributed by atoms with Crippen molar-refractivity contribution in [3.63, 3.8) is 0 Å². The lowest BCUT2D eigenvalue weighted by atomic mass is 9.94. The lowest BCUT2D eigenvalue weighted by molar-refractivity contribution is 0.0327. The molecule has 102 valence electrons. The molecule has 0 amide bonds. The molecule has 0 aromatic rings. The van der Waals surface area contributed by atoms with Gasteiger partial charge in [0.15, 0.2) is 0 Å². The minimum Gasteiger partial charge on any atom is -0.311 e. The van der Waals surface area contributed by atoms with Gasteiger partial charge in [0.2, 0.25) is 0 Å².